The number of hydrogen-bond donors (Lipinski definition) is 1. The summed E-state index contributed by atoms with van der Waals surface area (Å²) in [7, 11) is 1.66. The Morgan fingerprint density at radius 3 is 2.58 bits per heavy atom. The van der Waals surface area contributed by atoms with Gasteiger partial charge in [0.2, 0.25) is 0 Å². The van der Waals surface area contributed by atoms with Crippen LogP contribution in [0.3, 0.4) is 0 Å². The van der Waals surface area contributed by atoms with Gasteiger partial charge in [-0.25, -0.2) is 0 Å². The van der Waals surface area contributed by atoms with Crippen LogP contribution < -0.4 is 10.1 Å². The zero-order valence-corrected chi connectivity index (χ0v) is 13.7. The summed E-state index contributed by atoms with van der Waals surface area (Å²) in [6, 6.07) is 8.01. The van der Waals surface area contributed by atoms with Gasteiger partial charge in [0.1, 0.15) is 5.75 Å². The predicted molar refractivity (Wildman–Crippen MR) is 84.8 cm³/mol. The number of anilines is 1. The normalized spacial score (nSPS) is 10.3. The Hall–Kier alpha value is -1.07. The number of nitrogens with zero attached hydrogens (tertiary/aromatic N) is 1. The van der Waals surface area contributed by atoms with Crippen molar-refractivity contribution in [3.8, 4) is 5.75 Å². The molecule has 1 heterocycles. The number of nitrogens with one attached hydrogen (secondary N) is 1. The molecule has 0 amide bonds. The number of pyridine rings is 1. The molecule has 0 saturated heterocycles. The molecule has 0 bridgehead atoms. The van der Waals surface area contributed by atoms with Crippen molar-refractivity contribution < 1.29 is 4.74 Å². The van der Waals surface area contributed by atoms with Gasteiger partial charge < -0.3 is 10.1 Å². The summed E-state index contributed by atoms with van der Waals surface area (Å²) in [4.78, 5) is 4.01. The molecular formula is C14H14Br2N2O. The van der Waals surface area contributed by atoms with Gasteiger partial charge in [-0.3, -0.25) is 4.98 Å². The molecule has 19 heavy (non-hydrogen) atoms. The van der Waals surface area contributed by atoms with E-state index in [1.165, 1.54) is 5.56 Å². The summed E-state index contributed by atoms with van der Waals surface area (Å²) in [5, 5.41) is 3.40. The minimum atomic E-state index is 0.814. The quantitative estimate of drug-likeness (QED) is 0.834. The lowest BCUT2D eigenvalue weighted by molar-refractivity contribution is 0.412. The number of hydrogen-bond acceptors (Lipinski definition) is 3. The summed E-state index contributed by atoms with van der Waals surface area (Å²) >= 11 is 7.00. The summed E-state index contributed by atoms with van der Waals surface area (Å²) in [5.41, 5.74) is 2.29. The monoisotopic (exact) mass is 384 g/mol. The average Bonchev–Trinajstić information content (AvgIpc) is 2.42. The Morgan fingerprint density at radius 1 is 1.16 bits per heavy atom. The first-order valence-electron chi connectivity index (χ1n) is 5.86. The van der Waals surface area contributed by atoms with Gasteiger partial charge in [0.15, 0.2) is 0 Å². The summed E-state index contributed by atoms with van der Waals surface area (Å²) in [6.07, 6.45) is 4.58. The smallest absolute Gasteiger partial charge is 0.135 e. The van der Waals surface area contributed by atoms with E-state index in [1.54, 1.807) is 7.11 Å². The molecule has 100 valence electrons. The Morgan fingerprint density at radius 2 is 1.89 bits per heavy atom. The summed E-state index contributed by atoms with van der Waals surface area (Å²) in [6.45, 7) is 0.855. The second-order valence-electron chi connectivity index (χ2n) is 4.00. The first-order chi connectivity index (χ1) is 9.20. The number of halogens is 2. The highest BCUT2D eigenvalue weighted by Crippen LogP contribution is 2.34. The molecule has 0 radical (unpaired) electrons. The molecule has 3 nitrogen and oxygen atoms in total. The van der Waals surface area contributed by atoms with Crippen molar-refractivity contribution in [1.29, 1.82) is 0 Å². The van der Waals surface area contributed by atoms with Gasteiger partial charge in [-0.15, -0.1) is 0 Å². The molecule has 0 fully saturated rings. The van der Waals surface area contributed by atoms with Gasteiger partial charge in [-0.2, -0.15) is 0 Å². The Bertz CT molecular complexity index is 547. The maximum Gasteiger partial charge on any atom is 0.135 e. The fourth-order valence-corrected chi connectivity index (χ4v) is 3.01. The number of rotatable bonds is 5. The lowest BCUT2D eigenvalue weighted by Crippen LogP contribution is -2.05. The highest BCUT2D eigenvalue weighted by molar-refractivity contribution is 9.11. The van der Waals surface area contributed by atoms with Crippen LogP contribution in [-0.2, 0) is 6.42 Å². The van der Waals surface area contributed by atoms with E-state index >= 15 is 0 Å². The Balaban J connectivity index is 2.00. The minimum Gasteiger partial charge on any atom is -0.495 e. The molecule has 0 aliphatic rings. The van der Waals surface area contributed by atoms with E-state index in [9.17, 15) is 0 Å². The fraction of sp³-hybridized carbons (Fsp3) is 0.214. The number of ether oxygens (including phenoxy) is 1. The van der Waals surface area contributed by atoms with Crippen LogP contribution in [0.25, 0.3) is 0 Å². The second kappa shape index (κ2) is 6.91. The molecule has 0 saturated carbocycles. The van der Waals surface area contributed by atoms with E-state index in [0.29, 0.717) is 0 Å². The third-order valence-electron chi connectivity index (χ3n) is 2.72. The van der Waals surface area contributed by atoms with Crippen molar-refractivity contribution in [2.45, 2.75) is 6.42 Å². The zero-order chi connectivity index (χ0) is 13.7. The van der Waals surface area contributed by atoms with E-state index in [1.807, 2.05) is 36.7 Å². The van der Waals surface area contributed by atoms with Crippen LogP contribution in [-0.4, -0.2) is 18.6 Å². The highest BCUT2D eigenvalue weighted by Gasteiger charge is 2.06. The third kappa shape index (κ3) is 3.94. The number of methoxy groups -OCH3 is 1. The van der Waals surface area contributed by atoms with Gasteiger partial charge in [0.25, 0.3) is 0 Å². The molecule has 1 N–H and O–H groups in total. The highest BCUT2D eigenvalue weighted by atomic mass is 79.9. The first kappa shape index (κ1) is 14.3. The molecule has 1 aromatic heterocycles. The van der Waals surface area contributed by atoms with E-state index in [-0.39, 0.29) is 0 Å². The average molecular weight is 386 g/mol. The number of aromatic nitrogens is 1. The van der Waals surface area contributed by atoms with Crippen LogP contribution in [0, 0.1) is 0 Å². The summed E-state index contributed by atoms with van der Waals surface area (Å²) < 4.78 is 7.23. The lowest BCUT2D eigenvalue weighted by Gasteiger charge is -2.11. The SMILES string of the molecule is COc1cc(NCCc2ccncc2)c(Br)cc1Br. The van der Waals surface area contributed by atoms with Crippen LogP contribution in [0.5, 0.6) is 5.75 Å². The van der Waals surface area contributed by atoms with Crippen LogP contribution in [0.15, 0.2) is 45.6 Å². The molecule has 0 spiro atoms. The van der Waals surface area contributed by atoms with E-state index < -0.39 is 0 Å². The maximum atomic E-state index is 5.29. The van der Waals surface area contributed by atoms with E-state index in [4.69, 9.17) is 4.74 Å². The maximum absolute atomic E-state index is 5.29. The van der Waals surface area contributed by atoms with Crippen molar-refractivity contribution in [2.75, 3.05) is 19.0 Å². The molecule has 1 aromatic carbocycles. The van der Waals surface area contributed by atoms with Gasteiger partial charge in [-0.05, 0) is 62.0 Å². The molecule has 5 heteroatoms. The van der Waals surface area contributed by atoms with Crippen LogP contribution in [0.4, 0.5) is 5.69 Å². The molecule has 2 aromatic rings. The van der Waals surface area contributed by atoms with Crippen LogP contribution in [0.2, 0.25) is 0 Å². The molecule has 0 aliphatic carbocycles. The van der Waals surface area contributed by atoms with Gasteiger partial charge in [0.05, 0.1) is 17.3 Å². The van der Waals surface area contributed by atoms with Gasteiger partial charge in [-0.1, -0.05) is 0 Å². The fourth-order valence-electron chi connectivity index (χ4n) is 1.71. The molecule has 0 atom stereocenters. The largest absolute Gasteiger partial charge is 0.495 e. The third-order valence-corrected chi connectivity index (χ3v) is 4.00. The van der Waals surface area contributed by atoms with Crippen molar-refractivity contribution in [2.24, 2.45) is 0 Å². The Kier molecular flexibility index (Phi) is 5.22. The van der Waals surface area contributed by atoms with Gasteiger partial charge in [0, 0.05) is 29.5 Å². The first-order valence-corrected chi connectivity index (χ1v) is 7.45. The minimum absolute atomic E-state index is 0.814. The van der Waals surface area contributed by atoms with Crippen molar-refractivity contribution in [1.82, 2.24) is 4.98 Å². The van der Waals surface area contributed by atoms with E-state index in [0.717, 1.165) is 33.3 Å². The molecule has 0 unspecified atom stereocenters. The van der Waals surface area contributed by atoms with E-state index in [2.05, 4.69) is 42.2 Å². The van der Waals surface area contributed by atoms with Crippen molar-refractivity contribution in [3.05, 3.63) is 51.2 Å². The number of benzene rings is 1. The zero-order valence-electron chi connectivity index (χ0n) is 10.5. The van der Waals surface area contributed by atoms with Crippen molar-refractivity contribution >= 4 is 37.5 Å². The van der Waals surface area contributed by atoms with Crippen LogP contribution >= 0.6 is 31.9 Å². The molecule has 2 rings (SSSR count). The second-order valence-corrected chi connectivity index (χ2v) is 5.71. The van der Waals surface area contributed by atoms with Gasteiger partial charge >= 0.3 is 0 Å². The van der Waals surface area contributed by atoms with Crippen LogP contribution in [0.1, 0.15) is 5.56 Å². The lowest BCUT2D eigenvalue weighted by atomic mass is 10.2. The predicted octanol–water partition coefficient (Wildman–Crippen LogP) is 4.27. The summed E-state index contributed by atoms with van der Waals surface area (Å²) in [5.74, 6) is 0.814. The standard InChI is InChI=1S/C14H14Br2N2O/c1-19-14-9-13(11(15)8-12(14)16)18-7-4-10-2-5-17-6-3-10/h2-3,5-6,8-9,18H,4,7H2,1H3. The molecular weight excluding hydrogens is 372 g/mol. The topological polar surface area (TPSA) is 34.1 Å². The van der Waals surface area contributed by atoms with Crippen molar-refractivity contribution in [3.63, 3.8) is 0 Å². The Labute approximate surface area is 129 Å². The molecule has 0 aliphatic heterocycles.